The van der Waals surface area contributed by atoms with Gasteiger partial charge in [-0.3, -0.25) is 4.79 Å². The Morgan fingerprint density at radius 2 is 0.792 bits per heavy atom. The lowest BCUT2D eigenvalue weighted by atomic mass is 9.99. The molecule has 1 aliphatic rings. The number of amides is 1. The largest absolute Gasteiger partial charge is 0.394 e. The summed E-state index contributed by atoms with van der Waals surface area (Å²) in [6.45, 7) is 3.80. The number of nitrogens with one attached hydrogen (secondary N) is 1. The van der Waals surface area contributed by atoms with Crippen LogP contribution in [0.25, 0.3) is 0 Å². The zero-order valence-corrected chi connectivity index (χ0v) is 47.2. The number of aliphatic hydroxyl groups excluding tert-OH is 5. The maximum atomic E-state index is 13.1. The van der Waals surface area contributed by atoms with Gasteiger partial charge in [0, 0.05) is 6.42 Å². The van der Waals surface area contributed by atoms with Crippen LogP contribution in [0.2, 0.25) is 0 Å². The van der Waals surface area contributed by atoms with Gasteiger partial charge < -0.3 is 40.3 Å². The summed E-state index contributed by atoms with van der Waals surface area (Å²) in [5.41, 5.74) is 0. The summed E-state index contributed by atoms with van der Waals surface area (Å²) >= 11 is 0. The Labute approximate surface area is 444 Å². The van der Waals surface area contributed by atoms with Gasteiger partial charge in [-0.2, -0.15) is 0 Å². The first-order chi connectivity index (χ1) is 35.3. The van der Waals surface area contributed by atoms with Crippen LogP contribution in [-0.4, -0.2) is 87.5 Å². The number of allylic oxidation sites excluding steroid dienone is 5. The van der Waals surface area contributed by atoms with Crippen molar-refractivity contribution in [3.05, 3.63) is 36.5 Å². The smallest absolute Gasteiger partial charge is 0.220 e. The number of carbonyl (C=O) groups excluding carboxylic acids is 1. The fraction of sp³-hybridized carbons (Fsp3) is 0.889. The number of hydrogen-bond donors (Lipinski definition) is 6. The molecule has 72 heavy (non-hydrogen) atoms. The first-order valence-electron chi connectivity index (χ1n) is 31.2. The Kier molecular flexibility index (Phi) is 50.2. The third kappa shape index (κ3) is 41.6. The first-order valence-corrected chi connectivity index (χ1v) is 31.2. The highest BCUT2D eigenvalue weighted by Crippen LogP contribution is 2.23. The Balaban J connectivity index is 2.18. The third-order valence-electron chi connectivity index (χ3n) is 14.9. The number of aliphatic hydroxyl groups is 5. The lowest BCUT2D eigenvalue weighted by Gasteiger charge is -2.40. The average molecular weight is 1020 g/mol. The van der Waals surface area contributed by atoms with Gasteiger partial charge in [0.15, 0.2) is 6.29 Å². The van der Waals surface area contributed by atoms with Crippen molar-refractivity contribution in [1.29, 1.82) is 0 Å². The number of carbonyl (C=O) groups is 1. The molecular weight excluding hydrogens is 899 g/mol. The number of rotatable bonds is 54. The van der Waals surface area contributed by atoms with Gasteiger partial charge in [-0.15, -0.1) is 0 Å². The molecule has 0 bridgehead atoms. The molecule has 0 aliphatic carbocycles. The molecule has 0 radical (unpaired) electrons. The van der Waals surface area contributed by atoms with E-state index in [1.807, 2.05) is 6.08 Å². The second kappa shape index (κ2) is 52.8. The third-order valence-corrected chi connectivity index (χ3v) is 14.9. The molecule has 1 rings (SSSR count). The Hall–Kier alpha value is -1.59. The summed E-state index contributed by atoms with van der Waals surface area (Å²) in [6, 6.07) is -0.821. The normalized spacial score (nSPS) is 19.3. The molecular formula is C63H119NO8. The fourth-order valence-corrected chi connectivity index (χ4v) is 9.99. The zero-order chi connectivity index (χ0) is 52.2. The molecule has 1 heterocycles. The minimum atomic E-state index is -1.57. The summed E-state index contributed by atoms with van der Waals surface area (Å²) in [7, 11) is 0. The molecule has 0 saturated carbocycles. The van der Waals surface area contributed by atoms with E-state index in [2.05, 4.69) is 43.5 Å². The van der Waals surface area contributed by atoms with Crippen LogP contribution in [0, 0.1) is 0 Å². The Morgan fingerprint density at radius 1 is 0.458 bits per heavy atom. The van der Waals surface area contributed by atoms with Gasteiger partial charge in [-0.1, -0.05) is 275 Å². The molecule has 0 aromatic rings. The quantitative estimate of drug-likeness (QED) is 0.0261. The van der Waals surface area contributed by atoms with Gasteiger partial charge in [0.25, 0.3) is 0 Å². The number of ether oxygens (including phenoxy) is 2. The van der Waals surface area contributed by atoms with Crippen molar-refractivity contribution in [2.75, 3.05) is 13.2 Å². The molecule has 1 fully saturated rings. The molecule has 7 atom stereocenters. The van der Waals surface area contributed by atoms with E-state index in [-0.39, 0.29) is 12.5 Å². The van der Waals surface area contributed by atoms with Crippen molar-refractivity contribution in [1.82, 2.24) is 5.32 Å². The van der Waals surface area contributed by atoms with Crippen molar-refractivity contribution in [3.63, 3.8) is 0 Å². The average Bonchev–Trinajstić information content (AvgIpc) is 3.38. The molecule has 1 saturated heterocycles. The molecule has 1 aliphatic heterocycles. The van der Waals surface area contributed by atoms with Crippen molar-refractivity contribution in [3.8, 4) is 0 Å². The molecule has 0 aromatic carbocycles. The van der Waals surface area contributed by atoms with Gasteiger partial charge in [-0.25, -0.2) is 0 Å². The fourth-order valence-electron chi connectivity index (χ4n) is 9.99. The topological polar surface area (TPSA) is 149 Å². The number of hydrogen-bond acceptors (Lipinski definition) is 8. The van der Waals surface area contributed by atoms with Crippen LogP contribution < -0.4 is 5.32 Å². The molecule has 9 heteroatoms. The van der Waals surface area contributed by atoms with Crippen LogP contribution in [0.3, 0.4) is 0 Å². The molecule has 0 aromatic heterocycles. The van der Waals surface area contributed by atoms with Crippen molar-refractivity contribution in [2.45, 2.75) is 346 Å². The lowest BCUT2D eigenvalue weighted by molar-refractivity contribution is -0.302. The van der Waals surface area contributed by atoms with Crippen LogP contribution >= 0.6 is 0 Å². The van der Waals surface area contributed by atoms with E-state index in [4.69, 9.17) is 9.47 Å². The SMILES string of the molecule is CCCCCCCCCC/C=C\CCCCCCCCCCCCCCCCCCCC(=O)NC(COC1OC(CO)C(O)C(O)C1O)C(O)/C=C/CC/C=C/CCCCCCCCCCCCCCCC. The Bertz CT molecular complexity index is 1230. The predicted molar refractivity (Wildman–Crippen MR) is 304 cm³/mol. The molecule has 0 spiro atoms. The van der Waals surface area contributed by atoms with Gasteiger partial charge in [0.1, 0.15) is 24.4 Å². The van der Waals surface area contributed by atoms with E-state index < -0.39 is 49.5 Å². The molecule has 1 amide bonds. The van der Waals surface area contributed by atoms with Crippen molar-refractivity contribution >= 4 is 5.91 Å². The summed E-state index contributed by atoms with van der Waals surface area (Å²) in [5.74, 6) is -0.182. The van der Waals surface area contributed by atoms with Crippen molar-refractivity contribution in [2.24, 2.45) is 0 Å². The van der Waals surface area contributed by atoms with Crippen LogP contribution in [0.4, 0.5) is 0 Å². The summed E-state index contributed by atoms with van der Waals surface area (Å²) in [4.78, 5) is 13.1. The molecule has 7 unspecified atom stereocenters. The van der Waals surface area contributed by atoms with Crippen molar-refractivity contribution < 1.29 is 39.8 Å². The maximum Gasteiger partial charge on any atom is 0.220 e. The van der Waals surface area contributed by atoms with Crippen LogP contribution in [0.15, 0.2) is 36.5 Å². The van der Waals surface area contributed by atoms with E-state index in [1.54, 1.807) is 6.08 Å². The van der Waals surface area contributed by atoms with E-state index >= 15 is 0 Å². The first kappa shape index (κ1) is 68.4. The molecule has 9 nitrogen and oxygen atoms in total. The number of unbranched alkanes of at least 4 members (excludes halogenated alkanes) is 40. The second-order valence-electron chi connectivity index (χ2n) is 21.8. The second-order valence-corrected chi connectivity index (χ2v) is 21.8. The van der Waals surface area contributed by atoms with Gasteiger partial charge >= 0.3 is 0 Å². The summed E-state index contributed by atoms with van der Waals surface area (Å²) < 4.78 is 11.3. The minimum Gasteiger partial charge on any atom is -0.394 e. The summed E-state index contributed by atoms with van der Waals surface area (Å²) in [6.07, 6.45) is 62.3. The van der Waals surface area contributed by atoms with E-state index in [0.717, 1.165) is 38.5 Å². The monoisotopic (exact) mass is 1020 g/mol. The highest BCUT2D eigenvalue weighted by molar-refractivity contribution is 5.76. The maximum absolute atomic E-state index is 13.1. The molecule has 424 valence electrons. The predicted octanol–water partition coefficient (Wildman–Crippen LogP) is 15.9. The van der Waals surface area contributed by atoms with Gasteiger partial charge in [-0.05, 0) is 57.8 Å². The van der Waals surface area contributed by atoms with Crippen LogP contribution in [0.1, 0.15) is 303 Å². The standard InChI is InChI=1S/C63H119NO8/c1-3-5-7-9-11-13-15-17-19-21-23-25-26-27-28-29-30-31-32-33-35-37-39-41-43-45-47-49-51-53-59(67)64-56(55-71-63-62(70)61(69)60(68)58(54-65)72-63)57(66)52-50-48-46-44-42-40-38-36-34-24-22-20-18-16-14-12-10-8-6-4-2/h21,23,42,44,50,52,56-58,60-63,65-66,68-70H,3-20,22,24-41,43,45-49,51,53-55H2,1-2H3,(H,64,67)/b23-21-,44-42+,52-50+. The summed E-state index contributed by atoms with van der Waals surface area (Å²) in [5, 5.41) is 54.6. The van der Waals surface area contributed by atoms with Crippen LogP contribution in [0.5, 0.6) is 0 Å². The van der Waals surface area contributed by atoms with Gasteiger partial charge in [0.2, 0.25) is 5.91 Å². The highest BCUT2D eigenvalue weighted by atomic mass is 16.7. The molecule has 6 N–H and O–H groups in total. The Morgan fingerprint density at radius 3 is 1.17 bits per heavy atom. The zero-order valence-electron chi connectivity index (χ0n) is 47.2. The van der Waals surface area contributed by atoms with E-state index in [1.165, 1.54) is 244 Å². The van der Waals surface area contributed by atoms with E-state index in [0.29, 0.717) is 6.42 Å². The van der Waals surface area contributed by atoms with E-state index in [9.17, 15) is 30.3 Å². The van der Waals surface area contributed by atoms with Crippen LogP contribution in [-0.2, 0) is 14.3 Å². The van der Waals surface area contributed by atoms with Gasteiger partial charge in [0.05, 0.1) is 25.4 Å². The highest BCUT2D eigenvalue weighted by Gasteiger charge is 2.44. The minimum absolute atomic E-state index is 0.182. The lowest BCUT2D eigenvalue weighted by Crippen LogP contribution is -2.60.